The van der Waals surface area contributed by atoms with Gasteiger partial charge in [0.05, 0.1) is 17.5 Å². The molecule has 3 aromatic rings. The van der Waals surface area contributed by atoms with Crippen LogP contribution in [0.5, 0.6) is 11.5 Å². The molecule has 4 rings (SSSR count). The Hall–Kier alpha value is -2.82. The molecule has 1 fully saturated rings. The predicted octanol–water partition coefficient (Wildman–Crippen LogP) is 7.00. The van der Waals surface area contributed by atoms with Crippen LogP contribution in [0, 0.1) is 5.41 Å². The van der Waals surface area contributed by atoms with E-state index in [2.05, 4.69) is 67.3 Å². The molecule has 1 aliphatic rings. The predicted molar refractivity (Wildman–Crippen MR) is 144 cm³/mol. The normalized spacial score (nSPS) is 16.7. The molecule has 0 radical (unpaired) electrons. The van der Waals surface area contributed by atoms with Crippen molar-refractivity contribution in [3.63, 3.8) is 0 Å². The lowest BCUT2D eigenvalue weighted by Gasteiger charge is -2.39. The van der Waals surface area contributed by atoms with Crippen LogP contribution in [0.2, 0.25) is 5.02 Å². The first-order chi connectivity index (χ1) is 16.9. The highest BCUT2D eigenvalue weighted by Crippen LogP contribution is 2.39. The van der Waals surface area contributed by atoms with Crippen LogP contribution in [0.4, 0.5) is 0 Å². The van der Waals surface area contributed by atoms with Crippen molar-refractivity contribution >= 4 is 17.8 Å². The fourth-order valence-electron chi connectivity index (χ4n) is 5.11. The van der Waals surface area contributed by atoms with Crippen molar-refractivity contribution in [1.29, 1.82) is 5.41 Å². The number of nitrogens with zero attached hydrogens (tertiary/aromatic N) is 1. The molecule has 5 heteroatoms. The van der Waals surface area contributed by atoms with Gasteiger partial charge in [0, 0.05) is 30.9 Å². The average molecular weight is 491 g/mol. The molecule has 1 atom stereocenters. The Morgan fingerprint density at radius 3 is 2.17 bits per heavy atom. The van der Waals surface area contributed by atoms with Crippen molar-refractivity contribution in [1.82, 2.24) is 4.90 Å². The largest absolute Gasteiger partial charge is 0.495 e. The first kappa shape index (κ1) is 25.3. The maximum atomic E-state index is 8.53. The van der Waals surface area contributed by atoms with Gasteiger partial charge in [0.2, 0.25) is 0 Å². The van der Waals surface area contributed by atoms with Crippen molar-refractivity contribution in [3.8, 4) is 11.5 Å². The van der Waals surface area contributed by atoms with Crippen LogP contribution in [0.15, 0.2) is 78.9 Å². The van der Waals surface area contributed by atoms with Gasteiger partial charge in [-0.2, -0.15) is 0 Å². The second-order valence-electron chi connectivity index (χ2n) is 9.93. The van der Waals surface area contributed by atoms with Gasteiger partial charge in [-0.15, -0.1) is 0 Å². The van der Waals surface area contributed by atoms with Crippen LogP contribution >= 0.6 is 11.6 Å². The number of nitrogens with one attached hydrogen (secondary N) is 1. The van der Waals surface area contributed by atoms with Crippen LogP contribution in [0.25, 0.3) is 0 Å². The highest BCUT2D eigenvalue weighted by molar-refractivity contribution is 6.32. The lowest BCUT2D eigenvalue weighted by molar-refractivity contribution is 0.115. The summed E-state index contributed by atoms with van der Waals surface area (Å²) >= 11 is 6.16. The molecule has 1 saturated heterocycles. The van der Waals surface area contributed by atoms with Gasteiger partial charge >= 0.3 is 0 Å². The highest BCUT2D eigenvalue weighted by Gasteiger charge is 2.38. The highest BCUT2D eigenvalue weighted by atomic mass is 35.5. The standard InChI is InChI=1S/C30H35ClN2O2/c1-29(2,33-19-16-26(21-33)35-25-14-15-27(31)28(20-25)34-3)17-18-30(22-32,23-10-6-4-7-11-23)24-12-8-5-9-13-24/h4-15,20,22,26,32H,16-19,21H2,1-3H3/t26-/m1/s1. The summed E-state index contributed by atoms with van der Waals surface area (Å²) in [6.45, 7) is 6.47. The molecular weight excluding hydrogens is 456 g/mol. The van der Waals surface area contributed by atoms with Gasteiger partial charge in [0.25, 0.3) is 0 Å². The van der Waals surface area contributed by atoms with E-state index in [0.717, 1.165) is 49.2 Å². The number of ether oxygens (including phenoxy) is 2. The quantitative estimate of drug-likeness (QED) is 0.311. The third-order valence-electron chi connectivity index (χ3n) is 7.38. The van der Waals surface area contributed by atoms with Crippen LogP contribution in [-0.4, -0.2) is 43.0 Å². The van der Waals surface area contributed by atoms with E-state index < -0.39 is 5.41 Å². The molecule has 0 bridgehead atoms. The van der Waals surface area contributed by atoms with E-state index in [9.17, 15) is 0 Å². The molecule has 0 amide bonds. The van der Waals surface area contributed by atoms with E-state index in [1.165, 1.54) is 0 Å². The smallest absolute Gasteiger partial charge is 0.141 e. The van der Waals surface area contributed by atoms with Crippen LogP contribution in [-0.2, 0) is 5.41 Å². The zero-order valence-corrected chi connectivity index (χ0v) is 21.6. The number of hydrogen-bond acceptors (Lipinski definition) is 4. The summed E-state index contributed by atoms with van der Waals surface area (Å²) in [5, 5.41) is 9.11. The van der Waals surface area contributed by atoms with Gasteiger partial charge in [-0.05, 0) is 56.4 Å². The summed E-state index contributed by atoms with van der Waals surface area (Å²) in [5.74, 6) is 1.41. The minimum Gasteiger partial charge on any atom is -0.495 e. The second-order valence-corrected chi connectivity index (χ2v) is 10.3. The molecule has 1 heterocycles. The maximum Gasteiger partial charge on any atom is 0.141 e. The van der Waals surface area contributed by atoms with E-state index in [1.54, 1.807) is 13.3 Å². The van der Waals surface area contributed by atoms with E-state index in [4.69, 9.17) is 26.5 Å². The summed E-state index contributed by atoms with van der Waals surface area (Å²) in [4.78, 5) is 2.52. The Morgan fingerprint density at radius 1 is 0.971 bits per heavy atom. The van der Waals surface area contributed by atoms with E-state index in [1.807, 2.05) is 30.3 Å². The third kappa shape index (κ3) is 5.55. The first-order valence-corrected chi connectivity index (χ1v) is 12.6. The molecule has 3 aromatic carbocycles. The van der Waals surface area contributed by atoms with Crippen molar-refractivity contribution in [2.75, 3.05) is 20.2 Å². The molecule has 35 heavy (non-hydrogen) atoms. The fourth-order valence-corrected chi connectivity index (χ4v) is 5.30. The van der Waals surface area contributed by atoms with Crippen molar-refractivity contribution in [3.05, 3.63) is 95.0 Å². The summed E-state index contributed by atoms with van der Waals surface area (Å²) in [5.41, 5.74) is 1.84. The van der Waals surface area contributed by atoms with Crippen molar-refractivity contribution in [2.24, 2.45) is 0 Å². The maximum absolute atomic E-state index is 8.53. The van der Waals surface area contributed by atoms with Crippen molar-refractivity contribution in [2.45, 2.75) is 50.2 Å². The molecule has 0 saturated carbocycles. The Kier molecular flexibility index (Phi) is 7.83. The van der Waals surface area contributed by atoms with E-state index in [-0.39, 0.29) is 11.6 Å². The average Bonchev–Trinajstić information content (AvgIpc) is 3.37. The molecule has 0 unspecified atom stereocenters. The second kappa shape index (κ2) is 10.8. The molecule has 184 valence electrons. The summed E-state index contributed by atoms with van der Waals surface area (Å²) < 4.78 is 11.6. The van der Waals surface area contributed by atoms with E-state index in [0.29, 0.717) is 10.8 Å². The lowest BCUT2D eigenvalue weighted by Crippen LogP contribution is -2.45. The van der Waals surface area contributed by atoms with Crippen molar-refractivity contribution < 1.29 is 9.47 Å². The lowest BCUT2D eigenvalue weighted by atomic mass is 9.70. The summed E-state index contributed by atoms with van der Waals surface area (Å²) in [7, 11) is 1.62. The number of halogens is 1. The molecule has 1 N–H and O–H groups in total. The molecular formula is C30H35ClN2O2. The molecule has 4 nitrogen and oxygen atoms in total. The van der Waals surface area contributed by atoms with Gasteiger partial charge < -0.3 is 14.9 Å². The Labute approximate surface area is 214 Å². The fraction of sp³-hybridized carbons (Fsp3) is 0.367. The minimum absolute atomic E-state index is 0.0341. The zero-order chi connectivity index (χ0) is 24.9. The first-order valence-electron chi connectivity index (χ1n) is 12.3. The number of hydrogen-bond donors (Lipinski definition) is 1. The van der Waals surface area contributed by atoms with Crippen LogP contribution in [0.1, 0.15) is 44.2 Å². The van der Waals surface area contributed by atoms with Gasteiger partial charge in [-0.3, -0.25) is 4.90 Å². The number of rotatable bonds is 10. The Balaban J connectivity index is 1.47. The topological polar surface area (TPSA) is 45.6 Å². The van der Waals surface area contributed by atoms with Crippen LogP contribution in [0.3, 0.4) is 0 Å². The molecule has 0 aliphatic carbocycles. The minimum atomic E-state index is -0.449. The number of benzene rings is 3. The molecule has 1 aliphatic heterocycles. The van der Waals surface area contributed by atoms with Gasteiger partial charge in [0.15, 0.2) is 0 Å². The Bertz CT molecular complexity index is 1080. The third-order valence-corrected chi connectivity index (χ3v) is 7.69. The summed E-state index contributed by atoms with van der Waals surface area (Å²) in [6, 6.07) is 26.5. The number of likely N-dealkylation sites (tertiary alicyclic amines) is 1. The zero-order valence-electron chi connectivity index (χ0n) is 20.8. The van der Waals surface area contributed by atoms with E-state index >= 15 is 0 Å². The SMILES string of the molecule is COc1cc(O[C@@H]2CCN(C(C)(C)CCC(C=N)(c3ccccc3)c3ccccc3)C2)ccc1Cl. The molecule has 0 aromatic heterocycles. The summed E-state index contributed by atoms with van der Waals surface area (Å²) in [6.07, 6.45) is 4.54. The monoisotopic (exact) mass is 490 g/mol. The van der Waals surface area contributed by atoms with Gasteiger partial charge in [-0.25, -0.2) is 0 Å². The number of methoxy groups -OCH3 is 1. The van der Waals surface area contributed by atoms with Gasteiger partial charge in [0.1, 0.15) is 17.6 Å². The Morgan fingerprint density at radius 2 is 1.60 bits per heavy atom. The van der Waals surface area contributed by atoms with Crippen LogP contribution < -0.4 is 9.47 Å². The van der Waals surface area contributed by atoms with Gasteiger partial charge in [-0.1, -0.05) is 72.3 Å². The molecule has 0 spiro atoms.